The number of nitrogens with one attached hydrogen (secondary N) is 3. The first-order valence-corrected chi connectivity index (χ1v) is 11.9. The van der Waals surface area contributed by atoms with Crippen LogP contribution in [0.3, 0.4) is 0 Å². The molecule has 0 radical (unpaired) electrons. The summed E-state index contributed by atoms with van der Waals surface area (Å²) < 4.78 is 0. The number of hydrogen-bond donors (Lipinski definition) is 5. The second-order valence-electron chi connectivity index (χ2n) is 9.26. The fraction of sp³-hybridized carbons (Fsp3) is 0.346. The van der Waals surface area contributed by atoms with Gasteiger partial charge < -0.3 is 21.8 Å². The smallest absolute Gasteiger partial charge is 0.223 e. The molecule has 1 fully saturated rings. The van der Waals surface area contributed by atoms with Crippen LogP contribution in [-0.4, -0.2) is 32.6 Å². The molecule has 1 aliphatic carbocycles. The minimum absolute atomic E-state index is 0.0312. The van der Waals surface area contributed by atoms with Gasteiger partial charge in [-0.25, -0.2) is 4.98 Å². The van der Waals surface area contributed by atoms with Gasteiger partial charge in [-0.15, -0.1) is 0 Å². The van der Waals surface area contributed by atoms with Crippen LogP contribution in [0.1, 0.15) is 43.1 Å². The van der Waals surface area contributed by atoms with Crippen LogP contribution in [0.5, 0.6) is 0 Å². The van der Waals surface area contributed by atoms with Crippen LogP contribution in [-0.2, 0) is 11.2 Å². The Balaban J connectivity index is 1.37. The third kappa shape index (κ3) is 4.68. The minimum atomic E-state index is -0.248. The summed E-state index contributed by atoms with van der Waals surface area (Å²) in [7, 11) is 0. The number of fused-ring (bicyclic) bond motifs is 1. The van der Waals surface area contributed by atoms with E-state index in [0.717, 1.165) is 59.2 Å². The maximum atomic E-state index is 13.2. The molecule has 2 heterocycles. The highest BCUT2D eigenvalue weighted by atomic mass is 16.1. The summed E-state index contributed by atoms with van der Waals surface area (Å²) in [6.45, 7) is 0.705. The van der Waals surface area contributed by atoms with Crippen molar-refractivity contribution in [3.8, 4) is 11.3 Å². The number of benzene rings is 2. The zero-order valence-corrected chi connectivity index (χ0v) is 19.1. The molecule has 34 heavy (non-hydrogen) atoms. The summed E-state index contributed by atoms with van der Waals surface area (Å²) in [5, 5.41) is 11.2. The second-order valence-corrected chi connectivity index (χ2v) is 9.26. The number of nitrogen functional groups attached to an aromatic ring is 1. The molecule has 8 nitrogen and oxygen atoms in total. The van der Waals surface area contributed by atoms with Gasteiger partial charge in [-0.05, 0) is 62.3 Å². The van der Waals surface area contributed by atoms with Gasteiger partial charge in [0.25, 0.3) is 0 Å². The first-order chi connectivity index (χ1) is 16.6. The van der Waals surface area contributed by atoms with Crippen LogP contribution in [0.2, 0.25) is 0 Å². The van der Waals surface area contributed by atoms with Gasteiger partial charge in [0.15, 0.2) is 5.82 Å². The average molecular weight is 458 g/mol. The number of H-pyrrole nitrogens is 2. The Labute approximate surface area is 198 Å². The molecule has 0 aliphatic heterocycles. The normalized spacial score (nSPS) is 19.2. The molecule has 0 spiro atoms. The van der Waals surface area contributed by atoms with Crippen molar-refractivity contribution in [1.29, 1.82) is 0 Å². The molecular formula is C26H31N7O. The van der Waals surface area contributed by atoms with Crippen molar-refractivity contribution in [2.75, 3.05) is 12.3 Å². The van der Waals surface area contributed by atoms with E-state index in [1.807, 2.05) is 42.6 Å². The van der Waals surface area contributed by atoms with Crippen molar-refractivity contribution in [3.63, 3.8) is 0 Å². The highest BCUT2D eigenvalue weighted by Gasteiger charge is 2.28. The van der Waals surface area contributed by atoms with E-state index in [1.165, 1.54) is 0 Å². The molecule has 2 aromatic carbocycles. The van der Waals surface area contributed by atoms with E-state index in [-0.39, 0.29) is 17.9 Å². The zero-order valence-electron chi connectivity index (χ0n) is 19.1. The molecule has 1 amide bonds. The lowest BCUT2D eigenvalue weighted by atomic mass is 9.81. The van der Waals surface area contributed by atoms with Gasteiger partial charge in [0, 0.05) is 16.9 Å². The van der Waals surface area contributed by atoms with Crippen molar-refractivity contribution in [1.82, 2.24) is 25.5 Å². The highest BCUT2D eigenvalue weighted by Crippen LogP contribution is 2.30. The third-order valence-electron chi connectivity index (χ3n) is 6.98. The van der Waals surface area contributed by atoms with Crippen molar-refractivity contribution >= 4 is 22.6 Å². The van der Waals surface area contributed by atoms with Gasteiger partial charge in [0.05, 0.1) is 23.4 Å². The van der Waals surface area contributed by atoms with Gasteiger partial charge in [0.1, 0.15) is 5.82 Å². The van der Waals surface area contributed by atoms with Crippen LogP contribution >= 0.6 is 0 Å². The van der Waals surface area contributed by atoms with Crippen molar-refractivity contribution in [2.45, 2.75) is 38.1 Å². The van der Waals surface area contributed by atoms with E-state index in [9.17, 15) is 4.79 Å². The lowest BCUT2D eigenvalue weighted by Crippen LogP contribution is -2.37. The molecule has 0 bridgehead atoms. The van der Waals surface area contributed by atoms with E-state index in [4.69, 9.17) is 11.5 Å². The SMILES string of the molecule is NCC1CCC(C(=O)N[C@@H](Cc2ccccc2)c2ncc(-c3ccc4c(N)n[nH]c4c3)[nH]2)CC1. The topological polar surface area (TPSA) is 138 Å². The predicted octanol–water partition coefficient (Wildman–Crippen LogP) is 3.70. The fourth-order valence-corrected chi connectivity index (χ4v) is 4.88. The summed E-state index contributed by atoms with van der Waals surface area (Å²) in [5.41, 5.74) is 15.6. The summed E-state index contributed by atoms with van der Waals surface area (Å²) in [4.78, 5) is 21.3. The molecule has 1 saturated carbocycles. The van der Waals surface area contributed by atoms with Crippen LogP contribution in [0.4, 0.5) is 5.82 Å². The number of amides is 1. The molecule has 5 rings (SSSR count). The van der Waals surface area contributed by atoms with E-state index in [2.05, 4.69) is 37.6 Å². The summed E-state index contributed by atoms with van der Waals surface area (Å²) in [5.74, 6) is 1.90. The number of rotatable bonds is 7. The zero-order chi connectivity index (χ0) is 23.5. The lowest BCUT2D eigenvalue weighted by molar-refractivity contribution is -0.127. The number of carbonyl (C=O) groups is 1. The minimum Gasteiger partial charge on any atom is -0.382 e. The van der Waals surface area contributed by atoms with Gasteiger partial charge >= 0.3 is 0 Å². The maximum Gasteiger partial charge on any atom is 0.223 e. The van der Waals surface area contributed by atoms with Gasteiger partial charge in [-0.2, -0.15) is 5.10 Å². The summed E-state index contributed by atoms with van der Waals surface area (Å²) >= 11 is 0. The van der Waals surface area contributed by atoms with Gasteiger partial charge in [-0.1, -0.05) is 36.4 Å². The standard InChI is InChI=1S/C26H31N7O/c27-14-17-6-8-18(9-7-17)26(34)31-22(12-16-4-2-1-3-5-16)25-29-15-23(30-25)19-10-11-20-21(13-19)32-33-24(20)28/h1-5,10-11,13,15,17-18,22H,6-9,12,14,27H2,(H,29,30)(H,31,34)(H3,28,32,33)/t17?,18?,22-/m0/s1. The van der Waals surface area contributed by atoms with Gasteiger partial charge in [-0.3, -0.25) is 9.89 Å². The quantitative estimate of drug-likeness (QED) is 0.288. The number of carbonyl (C=O) groups excluding carboxylic acids is 1. The number of nitrogens with two attached hydrogens (primary N) is 2. The predicted molar refractivity (Wildman–Crippen MR) is 134 cm³/mol. The monoisotopic (exact) mass is 457 g/mol. The summed E-state index contributed by atoms with van der Waals surface area (Å²) in [6, 6.07) is 15.9. The molecular weight excluding hydrogens is 426 g/mol. The van der Waals surface area contributed by atoms with Crippen LogP contribution in [0.25, 0.3) is 22.2 Å². The van der Waals surface area contributed by atoms with E-state index >= 15 is 0 Å². The van der Waals surface area contributed by atoms with Crippen LogP contribution in [0, 0.1) is 11.8 Å². The van der Waals surface area contributed by atoms with Crippen molar-refractivity contribution in [3.05, 3.63) is 66.1 Å². The number of hydrogen-bond acceptors (Lipinski definition) is 5. The average Bonchev–Trinajstić information content (AvgIpc) is 3.51. The number of nitrogens with zero attached hydrogens (tertiary/aromatic N) is 2. The fourth-order valence-electron chi connectivity index (χ4n) is 4.88. The van der Waals surface area contributed by atoms with Crippen molar-refractivity contribution in [2.24, 2.45) is 17.6 Å². The first kappa shape index (κ1) is 22.2. The maximum absolute atomic E-state index is 13.2. The van der Waals surface area contributed by atoms with Crippen LogP contribution < -0.4 is 16.8 Å². The Hall–Kier alpha value is -3.65. The largest absolute Gasteiger partial charge is 0.382 e. The lowest BCUT2D eigenvalue weighted by Gasteiger charge is -2.28. The molecule has 0 saturated heterocycles. The van der Waals surface area contributed by atoms with Crippen LogP contribution in [0.15, 0.2) is 54.7 Å². The molecule has 7 N–H and O–H groups in total. The number of aromatic amines is 2. The van der Waals surface area contributed by atoms with E-state index < -0.39 is 0 Å². The molecule has 176 valence electrons. The molecule has 1 atom stereocenters. The summed E-state index contributed by atoms with van der Waals surface area (Å²) in [6.07, 6.45) is 6.29. The molecule has 4 aromatic rings. The second kappa shape index (κ2) is 9.69. The molecule has 8 heteroatoms. The van der Waals surface area contributed by atoms with E-state index in [0.29, 0.717) is 24.7 Å². The first-order valence-electron chi connectivity index (χ1n) is 11.9. The van der Waals surface area contributed by atoms with Gasteiger partial charge in [0.2, 0.25) is 5.91 Å². The Morgan fingerprint density at radius 1 is 1.12 bits per heavy atom. The number of aromatic nitrogens is 4. The Morgan fingerprint density at radius 2 is 1.91 bits per heavy atom. The Kier molecular flexibility index (Phi) is 6.31. The van der Waals surface area contributed by atoms with Crippen molar-refractivity contribution < 1.29 is 4.79 Å². The highest BCUT2D eigenvalue weighted by molar-refractivity contribution is 5.91. The van der Waals surface area contributed by atoms with E-state index in [1.54, 1.807) is 0 Å². The number of imidazole rings is 1. The molecule has 2 aromatic heterocycles. The molecule has 0 unspecified atom stereocenters. The molecule has 1 aliphatic rings. The third-order valence-corrected chi connectivity index (χ3v) is 6.98. The Bertz CT molecular complexity index is 1250. The number of anilines is 1. The Morgan fingerprint density at radius 3 is 2.68 bits per heavy atom.